The lowest BCUT2D eigenvalue weighted by Crippen LogP contribution is -2.25. The van der Waals surface area contributed by atoms with Crippen molar-refractivity contribution < 1.29 is 4.79 Å². The van der Waals surface area contributed by atoms with Gasteiger partial charge in [-0.05, 0) is 36.6 Å². The summed E-state index contributed by atoms with van der Waals surface area (Å²) in [5.74, 6) is -0.101. The maximum atomic E-state index is 12.5. The van der Waals surface area contributed by atoms with Crippen LogP contribution in [0.4, 0.5) is 5.69 Å². The monoisotopic (exact) mass is 405 g/mol. The number of hydrogen-bond donors (Lipinski definition) is 2. The highest BCUT2D eigenvalue weighted by atomic mass is 79.9. The summed E-state index contributed by atoms with van der Waals surface area (Å²) in [7, 11) is 0. The van der Waals surface area contributed by atoms with E-state index in [1.807, 2.05) is 49.4 Å². The van der Waals surface area contributed by atoms with Gasteiger partial charge in [0.25, 0.3) is 0 Å². The molecule has 0 saturated heterocycles. The number of nitrogens with zero attached hydrogens (tertiary/aromatic N) is 1. The van der Waals surface area contributed by atoms with Crippen LogP contribution in [0.15, 0.2) is 42.5 Å². The highest BCUT2D eigenvalue weighted by Crippen LogP contribution is 2.21. The molecule has 0 spiro atoms. The Bertz CT molecular complexity index is 929. The standard InChI is InChI=1S/C18H19N3OS.BrH/c1-3-13-8-6-7-12(2)17(13)20-16(22)11-21-14-9-4-5-10-15(14)23-18(21)19;/h4-10,19H,3,11H2,1-2H3,(H,20,22);1H. The van der Waals surface area contributed by atoms with Gasteiger partial charge < -0.3 is 9.88 Å². The quantitative estimate of drug-likeness (QED) is 0.668. The largest absolute Gasteiger partial charge is 0.324 e. The van der Waals surface area contributed by atoms with E-state index in [1.54, 1.807) is 4.57 Å². The fraction of sp³-hybridized carbons (Fsp3) is 0.222. The summed E-state index contributed by atoms with van der Waals surface area (Å²) in [6.07, 6.45) is 0.871. The third-order valence-electron chi connectivity index (χ3n) is 3.91. The number of benzene rings is 2. The zero-order valence-corrected chi connectivity index (χ0v) is 16.2. The molecule has 3 aromatic rings. The van der Waals surface area contributed by atoms with Crippen molar-refractivity contribution in [3.63, 3.8) is 0 Å². The predicted octanol–water partition coefficient (Wildman–Crippen LogP) is 4.27. The Labute approximate surface area is 155 Å². The van der Waals surface area contributed by atoms with Crippen LogP contribution in [0, 0.1) is 12.3 Å². The summed E-state index contributed by atoms with van der Waals surface area (Å²) in [5.41, 5.74) is 4.01. The number of amides is 1. The Morgan fingerprint density at radius 1 is 1.21 bits per heavy atom. The molecule has 0 aliphatic heterocycles. The minimum atomic E-state index is -0.101. The van der Waals surface area contributed by atoms with Gasteiger partial charge in [-0.2, -0.15) is 0 Å². The molecule has 1 aromatic heterocycles. The number of fused-ring (bicyclic) bond motifs is 1. The highest BCUT2D eigenvalue weighted by molar-refractivity contribution is 8.93. The second-order valence-corrected chi connectivity index (χ2v) is 6.50. The number of halogens is 1. The number of aryl methyl sites for hydroxylation is 2. The van der Waals surface area contributed by atoms with E-state index in [0.29, 0.717) is 4.80 Å². The Kier molecular flexibility index (Phi) is 5.96. The number of aromatic nitrogens is 1. The van der Waals surface area contributed by atoms with Crippen molar-refractivity contribution in [2.24, 2.45) is 0 Å². The molecule has 0 aliphatic rings. The molecule has 0 fully saturated rings. The number of carbonyl (C=O) groups excluding carboxylic acids is 1. The lowest BCUT2D eigenvalue weighted by molar-refractivity contribution is -0.116. The molecule has 0 bridgehead atoms. The topological polar surface area (TPSA) is 57.9 Å². The zero-order chi connectivity index (χ0) is 16.4. The summed E-state index contributed by atoms with van der Waals surface area (Å²) in [6, 6.07) is 13.8. The number of nitrogens with one attached hydrogen (secondary N) is 2. The number of anilines is 1. The van der Waals surface area contributed by atoms with E-state index in [-0.39, 0.29) is 29.4 Å². The Morgan fingerprint density at radius 2 is 1.96 bits per heavy atom. The van der Waals surface area contributed by atoms with Crippen molar-refractivity contribution in [2.45, 2.75) is 26.8 Å². The van der Waals surface area contributed by atoms with E-state index >= 15 is 0 Å². The maximum Gasteiger partial charge on any atom is 0.244 e. The Hall–Kier alpha value is -1.92. The molecule has 6 heteroatoms. The van der Waals surface area contributed by atoms with Crippen molar-refractivity contribution in [3.05, 3.63) is 58.4 Å². The van der Waals surface area contributed by atoms with E-state index in [4.69, 9.17) is 5.41 Å². The third-order valence-corrected chi connectivity index (χ3v) is 4.89. The molecule has 0 radical (unpaired) electrons. The van der Waals surface area contributed by atoms with Gasteiger partial charge >= 0.3 is 0 Å². The van der Waals surface area contributed by atoms with E-state index in [1.165, 1.54) is 11.3 Å². The van der Waals surface area contributed by atoms with E-state index in [2.05, 4.69) is 12.2 Å². The number of rotatable bonds is 4. The van der Waals surface area contributed by atoms with Gasteiger partial charge in [0.2, 0.25) is 5.91 Å². The second kappa shape index (κ2) is 7.77. The molecule has 1 amide bonds. The van der Waals surface area contributed by atoms with Crippen molar-refractivity contribution >= 4 is 50.1 Å². The Morgan fingerprint density at radius 3 is 2.71 bits per heavy atom. The molecular formula is C18H20BrN3OS. The summed E-state index contributed by atoms with van der Waals surface area (Å²) in [6.45, 7) is 4.23. The molecule has 0 aliphatic carbocycles. The van der Waals surface area contributed by atoms with Gasteiger partial charge in [-0.15, -0.1) is 17.0 Å². The van der Waals surface area contributed by atoms with Crippen molar-refractivity contribution in [2.75, 3.05) is 5.32 Å². The molecular weight excluding hydrogens is 386 g/mol. The van der Waals surface area contributed by atoms with Crippen LogP contribution in [0.2, 0.25) is 0 Å². The molecule has 0 atom stereocenters. The first-order valence-corrected chi connectivity index (χ1v) is 8.43. The first kappa shape index (κ1) is 18.4. The first-order chi connectivity index (χ1) is 11.1. The van der Waals surface area contributed by atoms with E-state index in [9.17, 15) is 4.79 Å². The minimum absolute atomic E-state index is 0. The number of para-hydroxylation sites is 2. The van der Waals surface area contributed by atoms with Crippen LogP contribution < -0.4 is 10.1 Å². The first-order valence-electron chi connectivity index (χ1n) is 7.61. The van der Waals surface area contributed by atoms with Crippen LogP contribution in [-0.2, 0) is 17.8 Å². The zero-order valence-electron chi connectivity index (χ0n) is 13.6. The SMILES string of the molecule is Br.CCc1cccc(C)c1NC(=O)Cn1c(=N)sc2ccccc21. The molecule has 2 N–H and O–H groups in total. The molecule has 24 heavy (non-hydrogen) atoms. The number of carbonyl (C=O) groups is 1. The number of thiazole rings is 1. The van der Waals surface area contributed by atoms with E-state index < -0.39 is 0 Å². The van der Waals surface area contributed by atoms with Crippen LogP contribution >= 0.6 is 28.3 Å². The second-order valence-electron chi connectivity index (χ2n) is 5.47. The van der Waals surface area contributed by atoms with Crippen LogP contribution in [0.25, 0.3) is 10.2 Å². The smallest absolute Gasteiger partial charge is 0.244 e. The van der Waals surface area contributed by atoms with Gasteiger partial charge in [0.1, 0.15) is 6.54 Å². The molecule has 1 heterocycles. The summed E-state index contributed by atoms with van der Waals surface area (Å²) < 4.78 is 2.77. The summed E-state index contributed by atoms with van der Waals surface area (Å²) >= 11 is 1.39. The molecule has 3 rings (SSSR count). The fourth-order valence-electron chi connectivity index (χ4n) is 2.72. The van der Waals surface area contributed by atoms with Gasteiger partial charge in [0.05, 0.1) is 10.2 Å². The molecule has 0 unspecified atom stereocenters. The normalized spacial score (nSPS) is 10.4. The lowest BCUT2D eigenvalue weighted by atomic mass is 10.1. The minimum Gasteiger partial charge on any atom is -0.324 e. The van der Waals surface area contributed by atoms with Crippen LogP contribution in [0.1, 0.15) is 18.1 Å². The Balaban J connectivity index is 0.00000208. The summed E-state index contributed by atoms with van der Waals surface area (Å²) in [4.78, 5) is 12.9. The van der Waals surface area contributed by atoms with Gasteiger partial charge in [-0.1, -0.05) is 48.6 Å². The maximum absolute atomic E-state index is 12.5. The van der Waals surface area contributed by atoms with Crippen LogP contribution in [-0.4, -0.2) is 10.5 Å². The third kappa shape index (κ3) is 3.60. The van der Waals surface area contributed by atoms with Gasteiger partial charge in [-0.3, -0.25) is 10.2 Å². The average molecular weight is 406 g/mol. The molecule has 4 nitrogen and oxygen atoms in total. The van der Waals surface area contributed by atoms with Crippen LogP contribution in [0.3, 0.4) is 0 Å². The molecule has 126 valence electrons. The van der Waals surface area contributed by atoms with Gasteiger partial charge in [0, 0.05) is 5.69 Å². The van der Waals surface area contributed by atoms with Crippen molar-refractivity contribution in [1.29, 1.82) is 5.41 Å². The number of hydrogen-bond acceptors (Lipinski definition) is 3. The molecule has 2 aromatic carbocycles. The lowest BCUT2D eigenvalue weighted by Gasteiger charge is -2.13. The van der Waals surface area contributed by atoms with Gasteiger partial charge in [-0.25, -0.2) is 0 Å². The van der Waals surface area contributed by atoms with Crippen molar-refractivity contribution in [1.82, 2.24) is 4.57 Å². The predicted molar refractivity (Wildman–Crippen MR) is 105 cm³/mol. The van der Waals surface area contributed by atoms with Crippen molar-refractivity contribution in [3.8, 4) is 0 Å². The van der Waals surface area contributed by atoms with Crippen LogP contribution in [0.5, 0.6) is 0 Å². The van der Waals surface area contributed by atoms with E-state index in [0.717, 1.165) is 33.5 Å². The average Bonchev–Trinajstić information content (AvgIpc) is 2.85. The summed E-state index contributed by atoms with van der Waals surface area (Å²) in [5, 5.41) is 11.1. The fourth-order valence-corrected chi connectivity index (χ4v) is 3.63. The molecule has 0 saturated carbocycles. The highest BCUT2D eigenvalue weighted by Gasteiger charge is 2.12. The van der Waals surface area contributed by atoms with Gasteiger partial charge in [0.15, 0.2) is 4.80 Å².